The van der Waals surface area contributed by atoms with Gasteiger partial charge in [-0.05, 0) is 37.8 Å². The van der Waals surface area contributed by atoms with Gasteiger partial charge in [-0.25, -0.2) is 21.9 Å². The van der Waals surface area contributed by atoms with E-state index in [1.54, 1.807) is 0 Å². The monoisotopic (exact) mass is 420 g/mol. The van der Waals surface area contributed by atoms with Crippen LogP contribution in [0, 0.1) is 11.6 Å². The van der Waals surface area contributed by atoms with Gasteiger partial charge in [0.25, 0.3) is 5.89 Å². The van der Waals surface area contributed by atoms with Crippen LogP contribution in [0.1, 0.15) is 44.3 Å². The van der Waals surface area contributed by atoms with Crippen molar-refractivity contribution in [3.05, 3.63) is 29.6 Å². The molecular weight excluding hydrogens is 402 g/mol. The normalized spacial score (nSPS) is 19.1. The van der Waals surface area contributed by atoms with E-state index in [0.29, 0.717) is 25.7 Å². The molecule has 0 saturated heterocycles. The predicted octanol–water partition coefficient (Wildman–Crippen LogP) is 2.61. The Morgan fingerprint density at radius 2 is 1.89 bits per heavy atom. The van der Waals surface area contributed by atoms with Crippen LogP contribution in [0.2, 0.25) is 0 Å². The standard InChI is InChI=1S/C16H18F2N4O3S.ClH/c17-10-5-6-11(26(23,24)22-9-3-4-9)13(18)12(10)14-20-15(21-25-14)16(19)7-1-2-8-16;/h5-6,9,22H,1-4,7-8,19H2;1H. The third-order valence-corrected chi connectivity index (χ3v) is 6.36. The number of benzene rings is 1. The molecule has 4 rings (SSSR count). The summed E-state index contributed by atoms with van der Waals surface area (Å²) in [6, 6.07) is 1.55. The van der Waals surface area contributed by atoms with Crippen molar-refractivity contribution in [2.75, 3.05) is 0 Å². The fourth-order valence-corrected chi connectivity index (χ4v) is 4.56. The largest absolute Gasteiger partial charge is 0.334 e. The average Bonchev–Trinajstić information content (AvgIpc) is 3.06. The highest BCUT2D eigenvalue weighted by Crippen LogP contribution is 2.37. The van der Waals surface area contributed by atoms with Crippen LogP contribution in [-0.2, 0) is 15.6 Å². The minimum atomic E-state index is -4.10. The molecule has 2 fully saturated rings. The molecule has 0 atom stereocenters. The lowest BCUT2D eigenvalue weighted by molar-refractivity contribution is 0.371. The van der Waals surface area contributed by atoms with Gasteiger partial charge in [0, 0.05) is 6.04 Å². The van der Waals surface area contributed by atoms with Crippen LogP contribution < -0.4 is 10.5 Å². The van der Waals surface area contributed by atoms with Crippen LogP contribution in [0.15, 0.2) is 21.6 Å². The smallest absolute Gasteiger partial charge is 0.264 e. The molecule has 148 valence electrons. The highest BCUT2D eigenvalue weighted by atomic mass is 35.5. The van der Waals surface area contributed by atoms with E-state index in [-0.39, 0.29) is 24.3 Å². The summed E-state index contributed by atoms with van der Waals surface area (Å²) in [7, 11) is -4.10. The van der Waals surface area contributed by atoms with E-state index in [1.165, 1.54) is 0 Å². The van der Waals surface area contributed by atoms with Crippen molar-refractivity contribution in [3.63, 3.8) is 0 Å². The molecule has 0 radical (unpaired) electrons. The molecular formula is C16H19ClF2N4O3S. The summed E-state index contributed by atoms with van der Waals surface area (Å²) in [5.41, 5.74) is 4.78. The van der Waals surface area contributed by atoms with Crippen LogP contribution in [0.5, 0.6) is 0 Å². The number of hydrogen-bond donors (Lipinski definition) is 2. The number of halogens is 3. The molecule has 1 aromatic heterocycles. The summed E-state index contributed by atoms with van der Waals surface area (Å²) < 4.78 is 61.1. The number of aromatic nitrogens is 2. The van der Waals surface area contributed by atoms with Crippen LogP contribution in [-0.4, -0.2) is 24.6 Å². The number of sulfonamides is 1. The van der Waals surface area contributed by atoms with Crippen molar-refractivity contribution in [2.45, 2.75) is 55.0 Å². The van der Waals surface area contributed by atoms with Crippen LogP contribution in [0.25, 0.3) is 11.5 Å². The molecule has 2 aliphatic rings. The Morgan fingerprint density at radius 1 is 1.22 bits per heavy atom. The first kappa shape index (κ1) is 20.1. The molecule has 7 nitrogen and oxygen atoms in total. The lowest BCUT2D eigenvalue weighted by atomic mass is 9.99. The molecule has 2 aromatic rings. The molecule has 0 bridgehead atoms. The highest BCUT2D eigenvalue weighted by molar-refractivity contribution is 7.89. The maximum absolute atomic E-state index is 14.8. The molecule has 11 heteroatoms. The second-order valence-corrected chi connectivity index (χ2v) is 8.60. The summed E-state index contributed by atoms with van der Waals surface area (Å²) in [6.45, 7) is 0. The van der Waals surface area contributed by atoms with Gasteiger partial charge < -0.3 is 10.3 Å². The molecule has 3 N–H and O–H groups in total. The number of rotatable bonds is 5. The zero-order valence-electron chi connectivity index (χ0n) is 14.2. The molecule has 2 aliphatic carbocycles. The molecule has 2 saturated carbocycles. The zero-order valence-corrected chi connectivity index (χ0v) is 15.9. The van der Waals surface area contributed by atoms with Gasteiger partial charge in [-0.1, -0.05) is 18.0 Å². The van der Waals surface area contributed by atoms with Gasteiger partial charge in [0.2, 0.25) is 10.0 Å². The van der Waals surface area contributed by atoms with E-state index >= 15 is 0 Å². The molecule has 1 aromatic carbocycles. The Morgan fingerprint density at radius 3 is 2.52 bits per heavy atom. The zero-order chi connectivity index (χ0) is 18.5. The van der Waals surface area contributed by atoms with E-state index in [2.05, 4.69) is 14.9 Å². The van der Waals surface area contributed by atoms with Gasteiger partial charge in [0.05, 0.1) is 5.54 Å². The minimum Gasteiger partial charge on any atom is -0.334 e. The van der Waals surface area contributed by atoms with Crippen molar-refractivity contribution in [1.82, 2.24) is 14.9 Å². The Balaban J connectivity index is 0.00000210. The van der Waals surface area contributed by atoms with Gasteiger partial charge in [0.15, 0.2) is 11.6 Å². The second kappa shape index (κ2) is 7.08. The SMILES string of the molecule is Cl.NC1(c2noc(-c3c(F)ccc(S(=O)(=O)NC4CC4)c3F)n2)CCCC1. The van der Waals surface area contributed by atoms with Crippen molar-refractivity contribution in [2.24, 2.45) is 5.73 Å². The average molecular weight is 421 g/mol. The van der Waals surface area contributed by atoms with Crippen molar-refractivity contribution in [1.29, 1.82) is 0 Å². The van der Waals surface area contributed by atoms with Crippen molar-refractivity contribution >= 4 is 22.4 Å². The molecule has 0 aliphatic heterocycles. The Hall–Kier alpha value is -1.62. The maximum Gasteiger partial charge on any atom is 0.264 e. The molecule has 27 heavy (non-hydrogen) atoms. The van der Waals surface area contributed by atoms with E-state index in [4.69, 9.17) is 10.3 Å². The summed E-state index contributed by atoms with van der Waals surface area (Å²) in [5.74, 6) is -2.49. The summed E-state index contributed by atoms with van der Waals surface area (Å²) in [5, 5.41) is 3.77. The third-order valence-electron chi connectivity index (χ3n) is 4.83. The predicted molar refractivity (Wildman–Crippen MR) is 94.6 cm³/mol. The second-order valence-electron chi connectivity index (χ2n) is 6.92. The number of nitrogens with one attached hydrogen (secondary N) is 1. The van der Waals surface area contributed by atoms with Crippen molar-refractivity contribution in [3.8, 4) is 11.5 Å². The molecule has 0 spiro atoms. The fourth-order valence-electron chi connectivity index (χ4n) is 3.18. The van der Waals surface area contributed by atoms with Crippen molar-refractivity contribution < 1.29 is 21.7 Å². The summed E-state index contributed by atoms with van der Waals surface area (Å²) >= 11 is 0. The first-order chi connectivity index (χ1) is 12.3. The number of nitrogens with two attached hydrogens (primary N) is 1. The van der Waals surface area contributed by atoms with E-state index in [1.807, 2.05) is 0 Å². The maximum atomic E-state index is 14.8. The van der Waals surface area contributed by atoms with Gasteiger partial charge in [-0.15, -0.1) is 12.4 Å². The first-order valence-electron chi connectivity index (χ1n) is 8.44. The van der Waals surface area contributed by atoms with Gasteiger partial charge in [0.1, 0.15) is 16.3 Å². The number of nitrogens with zero attached hydrogens (tertiary/aromatic N) is 2. The van der Waals surface area contributed by atoms with Crippen LogP contribution >= 0.6 is 12.4 Å². The molecule has 0 amide bonds. The van der Waals surface area contributed by atoms with Gasteiger partial charge in [-0.2, -0.15) is 4.98 Å². The third kappa shape index (κ3) is 3.71. The Kier molecular flexibility index (Phi) is 5.28. The lowest BCUT2D eigenvalue weighted by Gasteiger charge is -2.17. The van der Waals surface area contributed by atoms with E-state index in [9.17, 15) is 17.2 Å². The van der Waals surface area contributed by atoms with E-state index in [0.717, 1.165) is 25.0 Å². The summed E-state index contributed by atoms with van der Waals surface area (Å²) in [6.07, 6.45) is 4.50. The molecule has 0 unspecified atom stereocenters. The Labute approximate surface area is 161 Å². The van der Waals surface area contributed by atoms with Crippen LogP contribution in [0.4, 0.5) is 8.78 Å². The minimum absolute atomic E-state index is 0. The quantitative estimate of drug-likeness (QED) is 0.769. The lowest BCUT2D eigenvalue weighted by Crippen LogP contribution is -2.34. The van der Waals surface area contributed by atoms with Crippen LogP contribution in [0.3, 0.4) is 0 Å². The Bertz CT molecular complexity index is 957. The number of hydrogen-bond acceptors (Lipinski definition) is 6. The van der Waals surface area contributed by atoms with E-state index < -0.39 is 43.5 Å². The summed E-state index contributed by atoms with van der Waals surface area (Å²) in [4.78, 5) is 3.41. The van der Waals surface area contributed by atoms with Gasteiger partial charge >= 0.3 is 0 Å². The topological polar surface area (TPSA) is 111 Å². The van der Waals surface area contributed by atoms with Gasteiger partial charge in [-0.3, -0.25) is 0 Å². The fraction of sp³-hybridized carbons (Fsp3) is 0.500. The highest BCUT2D eigenvalue weighted by Gasteiger charge is 2.37. The molecule has 1 heterocycles. The first-order valence-corrected chi connectivity index (χ1v) is 9.92.